The Morgan fingerprint density at radius 1 is 1.06 bits per heavy atom. The monoisotopic (exact) mass is 215 g/mol. The Bertz CT molecular complexity index is 571. The lowest BCUT2D eigenvalue weighted by atomic mass is 9.96. The Hall–Kier alpha value is -1.64. The zero-order valence-electron chi connectivity index (χ0n) is 9.01. The number of ether oxygens (including phenoxy) is 2. The Kier molecular flexibility index (Phi) is 1.56. The molecule has 82 valence electrons. The molecule has 1 aliphatic heterocycles. The van der Waals surface area contributed by atoms with Crippen LogP contribution in [0.5, 0.6) is 11.5 Å². The fraction of sp³-hybridized carbons (Fsp3) is 0.385. The lowest BCUT2D eigenvalue weighted by molar-refractivity contribution is 0.174. The maximum atomic E-state index is 5.54. The maximum absolute atomic E-state index is 5.54. The number of aromatic nitrogens is 1. The van der Waals surface area contributed by atoms with Crippen LogP contribution < -0.4 is 9.47 Å². The standard InChI is InChI=1S/C13H13NO2/c1-2-4-10-8(3-1)9-5-6-11-13(12(9)14-10)16-7-15-11/h5-6,14H,1-4,7H2. The van der Waals surface area contributed by atoms with Crippen molar-refractivity contribution in [1.82, 2.24) is 4.98 Å². The summed E-state index contributed by atoms with van der Waals surface area (Å²) in [5.41, 5.74) is 4.01. The van der Waals surface area contributed by atoms with Gasteiger partial charge in [-0.2, -0.15) is 0 Å². The van der Waals surface area contributed by atoms with Crippen molar-refractivity contribution in [3.8, 4) is 11.5 Å². The van der Waals surface area contributed by atoms with E-state index in [0.717, 1.165) is 17.0 Å². The molecule has 1 aromatic heterocycles. The summed E-state index contributed by atoms with van der Waals surface area (Å²) in [6, 6.07) is 4.18. The van der Waals surface area contributed by atoms with Crippen LogP contribution in [0.15, 0.2) is 12.1 Å². The van der Waals surface area contributed by atoms with Crippen LogP contribution in [0, 0.1) is 0 Å². The van der Waals surface area contributed by atoms with Crippen LogP contribution in [-0.4, -0.2) is 11.8 Å². The maximum Gasteiger partial charge on any atom is 0.231 e. The molecule has 1 aliphatic carbocycles. The van der Waals surface area contributed by atoms with Gasteiger partial charge in [-0.05, 0) is 43.4 Å². The van der Waals surface area contributed by atoms with Gasteiger partial charge in [0.05, 0.1) is 5.52 Å². The van der Waals surface area contributed by atoms with Gasteiger partial charge in [0.2, 0.25) is 6.79 Å². The molecule has 1 aromatic carbocycles. The summed E-state index contributed by atoms with van der Waals surface area (Å²) in [5.74, 6) is 1.76. The molecule has 0 bridgehead atoms. The van der Waals surface area contributed by atoms with Gasteiger partial charge >= 0.3 is 0 Å². The summed E-state index contributed by atoms with van der Waals surface area (Å²) in [7, 11) is 0. The SMILES string of the molecule is c1cc2c3c([nH]c2c2c1OCO2)CCCC3. The van der Waals surface area contributed by atoms with Crippen molar-refractivity contribution in [2.45, 2.75) is 25.7 Å². The van der Waals surface area contributed by atoms with E-state index in [9.17, 15) is 0 Å². The van der Waals surface area contributed by atoms with E-state index >= 15 is 0 Å². The first-order valence-corrected chi connectivity index (χ1v) is 5.85. The zero-order chi connectivity index (χ0) is 10.5. The number of aromatic amines is 1. The van der Waals surface area contributed by atoms with Gasteiger partial charge in [0.25, 0.3) is 0 Å². The van der Waals surface area contributed by atoms with Gasteiger partial charge in [0, 0.05) is 11.1 Å². The molecule has 0 radical (unpaired) electrons. The molecular weight excluding hydrogens is 202 g/mol. The second-order valence-electron chi connectivity index (χ2n) is 4.51. The Labute approximate surface area is 93.4 Å². The van der Waals surface area contributed by atoms with E-state index in [0.29, 0.717) is 6.79 Å². The van der Waals surface area contributed by atoms with Gasteiger partial charge in [0.15, 0.2) is 11.5 Å². The molecule has 2 heterocycles. The van der Waals surface area contributed by atoms with Crippen molar-refractivity contribution < 1.29 is 9.47 Å². The number of nitrogens with one attached hydrogen (secondary N) is 1. The fourth-order valence-corrected chi connectivity index (χ4v) is 2.84. The van der Waals surface area contributed by atoms with Gasteiger partial charge in [0.1, 0.15) is 0 Å². The summed E-state index contributed by atoms with van der Waals surface area (Å²) < 4.78 is 10.9. The molecule has 4 rings (SSSR count). The number of rotatable bonds is 0. The first kappa shape index (κ1) is 8.50. The molecule has 2 aliphatic rings. The summed E-state index contributed by atoms with van der Waals surface area (Å²) in [6.07, 6.45) is 4.95. The predicted molar refractivity (Wildman–Crippen MR) is 61.1 cm³/mol. The quantitative estimate of drug-likeness (QED) is 0.733. The zero-order valence-corrected chi connectivity index (χ0v) is 9.01. The Morgan fingerprint density at radius 2 is 2.00 bits per heavy atom. The van der Waals surface area contributed by atoms with Gasteiger partial charge in [-0.25, -0.2) is 0 Å². The number of fused-ring (bicyclic) bond motifs is 5. The molecule has 3 heteroatoms. The molecule has 0 fully saturated rings. The first-order chi connectivity index (χ1) is 7.93. The molecule has 0 atom stereocenters. The largest absolute Gasteiger partial charge is 0.454 e. The van der Waals surface area contributed by atoms with Gasteiger partial charge in [-0.3, -0.25) is 0 Å². The van der Waals surface area contributed by atoms with Crippen LogP contribution in [0.2, 0.25) is 0 Å². The van der Waals surface area contributed by atoms with Crippen LogP contribution in [0.25, 0.3) is 10.9 Å². The normalized spacial score (nSPS) is 17.8. The summed E-state index contributed by atoms with van der Waals surface area (Å²) in [6.45, 7) is 0.345. The minimum absolute atomic E-state index is 0.345. The molecule has 2 aromatic rings. The van der Waals surface area contributed by atoms with E-state index in [2.05, 4.69) is 11.1 Å². The highest BCUT2D eigenvalue weighted by Gasteiger charge is 2.22. The Morgan fingerprint density at radius 3 is 3.00 bits per heavy atom. The number of hydrogen-bond donors (Lipinski definition) is 1. The van der Waals surface area contributed by atoms with E-state index in [4.69, 9.17) is 9.47 Å². The van der Waals surface area contributed by atoms with E-state index in [1.165, 1.54) is 42.3 Å². The molecule has 0 saturated heterocycles. The second-order valence-corrected chi connectivity index (χ2v) is 4.51. The third-order valence-electron chi connectivity index (χ3n) is 3.61. The third kappa shape index (κ3) is 0.979. The van der Waals surface area contributed by atoms with Crippen LogP contribution in [0.1, 0.15) is 24.1 Å². The number of benzene rings is 1. The fourth-order valence-electron chi connectivity index (χ4n) is 2.84. The smallest absolute Gasteiger partial charge is 0.231 e. The minimum atomic E-state index is 0.345. The summed E-state index contributed by atoms with van der Waals surface area (Å²) >= 11 is 0. The Balaban J connectivity index is 2.06. The number of H-pyrrole nitrogens is 1. The van der Waals surface area contributed by atoms with Crippen LogP contribution in [-0.2, 0) is 12.8 Å². The average Bonchev–Trinajstić information content (AvgIpc) is 2.92. The van der Waals surface area contributed by atoms with Gasteiger partial charge in [-0.15, -0.1) is 0 Å². The van der Waals surface area contributed by atoms with Crippen molar-refractivity contribution in [2.75, 3.05) is 6.79 Å². The molecule has 16 heavy (non-hydrogen) atoms. The molecule has 0 saturated carbocycles. The predicted octanol–water partition coefficient (Wildman–Crippen LogP) is 2.78. The van der Waals surface area contributed by atoms with E-state index < -0.39 is 0 Å². The number of hydrogen-bond acceptors (Lipinski definition) is 2. The summed E-state index contributed by atoms with van der Waals surface area (Å²) in [5, 5.41) is 1.32. The third-order valence-corrected chi connectivity index (χ3v) is 3.61. The highest BCUT2D eigenvalue weighted by molar-refractivity contribution is 5.92. The van der Waals surface area contributed by atoms with E-state index in [1.54, 1.807) is 0 Å². The van der Waals surface area contributed by atoms with Crippen molar-refractivity contribution in [3.05, 3.63) is 23.4 Å². The van der Waals surface area contributed by atoms with E-state index in [1.807, 2.05) is 6.07 Å². The van der Waals surface area contributed by atoms with Crippen molar-refractivity contribution in [1.29, 1.82) is 0 Å². The van der Waals surface area contributed by atoms with Crippen molar-refractivity contribution in [2.24, 2.45) is 0 Å². The highest BCUT2D eigenvalue weighted by atomic mass is 16.7. The lowest BCUT2D eigenvalue weighted by Crippen LogP contribution is -1.99. The minimum Gasteiger partial charge on any atom is -0.454 e. The summed E-state index contributed by atoms with van der Waals surface area (Å²) in [4.78, 5) is 3.51. The van der Waals surface area contributed by atoms with Crippen LogP contribution >= 0.6 is 0 Å². The van der Waals surface area contributed by atoms with Crippen LogP contribution in [0.4, 0.5) is 0 Å². The molecule has 0 amide bonds. The molecule has 3 nitrogen and oxygen atoms in total. The lowest BCUT2D eigenvalue weighted by Gasteiger charge is -2.10. The van der Waals surface area contributed by atoms with Gasteiger partial charge in [-0.1, -0.05) is 0 Å². The highest BCUT2D eigenvalue weighted by Crippen LogP contribution is 2.41. The van der Waals surface area contributed by atoms with Gasteiger partial charge < -0.3 is 14.5 Å². The number of aryl methyl sites for hydroxylation is 2. The molecule has 0 spiro atoms. The van der Waals surface area contributed by atoms with Crippen molar-refractivity contribution >= 4 is 10.9 Å². The topological polar surface area (TPSA) is 34.2 Å². The first-order valence-electron chi connectivity index (χ1n) is 5.85. The van der Waals surface area contributed by atoms with Crippen LogP contribution in [0.3, 0.4) is 0 Å². The van der Waals surface area contributed by atoms with Crippen molar-refractivity contribution in [3.63, 3.8) is 0 Å². The molecular formula is C13H13NO2. The van der Waals surface area contributed by atoms with E-state index in [-0.39, 0.29) is 0 Å². The second kappa shape index (κ2) is 2.94. The molecule has 0 unspecified atom stereocenters. The average molecular weight is 215 g/mol. The molecule has 1 N–H and O–H groups in total.